The molecule has 26 nitrogen and oxygen atoms in total. The molecule has 12 amide bonds. The number of carbonyl (C=O) groups is 12. The number of methoxy groups -OCH3 is 1. The summed E-state index contributed by atoms with van der Waals surface area (Å²) in [5, 5.41) is 17.0. The van der Waals surface area contributed by atoms with Crippen LogP contribution in [0.5, 0.6) is 0 Å². The molecule has 8 N–H and O–H groups in total. The van der Waals surface area contributed by atoms with Gasteiger partial charge in [-0.2, -0.15) is 0 Å². The van der Waals surface area contributed by atoms with Gasteiger partial charge in [-0.15, -0.1) is 5.06 Å². The Balaban J connectivity index is 1.35. The molecule has 10 atom stereocenters. The highest BCUT2D eigenvalue weighted by atomic mass is 16.7. The number of rotatable bonds is 36. The Morgan fingerprint density at radius 1 is 0.707 bits per heavy atom. The summed E-state index contributed by atoms with van der Waals surface area (Å²) in [7, 11) is 4.61. The standard InChI is InChI=1S/C66H101N11O15/c1-14-42(8)59(50(90-13)37-54(81)76-34-20-23-48(76)35-43(9)60(83)69-44(10)36-45-21-16-15-17-22-45)74(11)64(87)57(40(4)5)73-63(86)58(41(6)7)75(12)66(89)91-38-46-27-29-47(30-28-46)70-61(84)49(24-19-33-68-65(67)88)71-62(85)56(39(2)3)72-51(78)25-18-26-55(82)92-77-52(79)31-32-53(77)80/h15-17,21-22,27-30,39-44,48-50,56-59H,14,18-20,23-26,31-38H2,1-13H3,(H,69,83)(H,70,84)(H,71,85)(H,72,78)(H,73,86)(H3,67,68,88)/t42-,43+,44+,48-,49-,50+,56-,57-,58-,59-/m0/s1. The minimum Gasteiger partial charge on any atom is -0.445 e. The van der Waals surface area contributed by atoms with Gasteiger partial charge in [-0.3, -0.25) is 48.1 Å². The number of ether oxygens (including phenoxy) is 2. The van der Waals surface area contributed by atoms with E-state index in [1.807, 2.05) is 76.8 Å². The molecule has 0 aromatic heterocycles. The van der Waals surface area contributed by atoms with Crippen LogP contribution in [0.4, 0.5) is 15.3 Å². The predicted octanol–water partition coefficient (Wildman–Crippen LogP) is 5.25. The molecule has 2 saturated heterocycles. The number of amides is 12. The summed E-state index contributed by atoms with van der Waals surface area (Å²) < 4.78 is 11.8. The lowest BCUT2D eigenvalue weighted by Crippen LogP contribution is -2.60. The summed E-state index contributed by atoms with van der Waals surface area (Å²) in [4.78, 5) is 168. The monoisotopic (exact) mass is 1290 g/mol. The summed E-state index contributed by atoms with van der Waals surface area (Å²) in [6, 6.07) is 10.3. The average Bonchev–Trinajstić information content (AvgIpc) is 2.57. The van der Waals surface area contributed by atoms with Gasteiger partial charge in [-0.05, 0) is 98.8 Å². The van der Waals surface area contributed by atoms with Gasteiger partial charge in [0.15, 0.2) is 0 Å². The Kier molecular flexibility index (Phi) is 31.0. The van der Waals surface area contributed by atoms with Gasteiger partial charge in [0.05, 0.1) is 18.6 Å². The minimum atomic E-state index is -1.16. The van der Waals surface area contributed by atoms with Crippen molar-refractivity contribution in [1.82, 2.24) is 46.3 Å². The number of likely N-dealkylation sites (tertiary alicyclic amines) is 1. The van der Waals surface area contributed by atoms with Gasteiger partial charge in [0, 0.05) is 83.7 Å². The van der Waals surface area contributed by atoms with Crippen molar-refractivity contribution in [3.8, 4) is 0 Å². The first-order valence-corrected chi connectivity index (χ1v) is 32.2. The van der Waals surface area contributed by atoms with Crippen molar-refractivity contribution in [2.24, 2.45) is 35.3 Å². The Morgan fingerprint density at radius 3 is 1.93 bits per heavy atom. The van der Waals surface area contributed by atoms with Crippen molar-refractivity contribution in [2.75, 3.05) is 39.6 Å². The highest BCUT2D eigenvalue weighted by molar-refractivity contribution is 6.02. The fourth-order valence-corrected chi connectivity index (χ4v) is 11.5. The summed E-state index contributed by atoms with van der Waals surface area (Å²) in [6.07, 6.45) is 1.51. The molecule has 4 rings (SSSR count). The second-order valence-electron chi connectivity index (χ2n) is 25.4. The highest BCUT2D eigenvalue weighted by Crippen LogP contribution is 2.29. The lowest BCUT2D eigenvalue weighted by molar-refractivity contribution is -0.197. The van der Waals surface area contributed by atoms with E-state index in [1.165, 1.54) is 19.1 Å². The molecule has 2 aliphatic heterocycles. The fourth-order valence-electron chi connectivity index (χ4n) is 11.5. The first kappa shape index (κ1) is 76.3. The first-order valence-electron chi connectivity index (χ1n) is 32.2. The number of nitrogens with one attached hydrogen (secondary N) is 6. The summed E-state index contributed by atoms with van der Waals surface area (Å²) in [5.74, 6) is -6.97. The Bertz CT molecular complexity index is 2820. The maximum absolute atomic E-state index is 14.7. The maximum atomic E-state index is 14.7. The van der Waals surface area contributed by atoms with Crippen molar-refractivity contribution in [2.45, 2.75) is 208 Å². The van der Waals surface area contributed by atoms with Crippen LogP contribution in [-0.2, 0) is 75.3 Å². The van der Waals surface area contributed by atoms with Crippen molar-refractivity contribution in [1.29, 1.82) is 0 Å². The second-order valence-corrected chi connectivity index (χ2v) is 25.4. The number of hydrogen-bond acceptors (Lipinski definition) is 15. The molecule has 0 saturated carbocycles. The number of nitrogens with two attached hydrogens (primary N) is 1. The predicted molar refractivity (Wildman–Crippen MR) is 343 cm³/mol. The maximum Gasteiger partial charge on any atom is 0.410 e. The van der Waals surface area contributed by atoms with Crippen LogP contribution in [0.2, 0.25) is 0 Å². The van der Waals surface area contributed by atoms with Crippen molar-refractivity contribution >= 4 is 76.9 Å². The van der Waals surface area contributed by atoms with Crippen LogP contribution in [0, 0.1) is 29.6 Å². The zero-order chi connectivity index (χ0) is 68.5. The molecule has 2 aromatic rings. The second kappa shape index (κ2) is 37.4. The van der Waals surface area contributed by atoms with Crippen LogP contribution in [0.15, 0.2) is 54.6 Å². The third-order valence-corrected chi connectivity index (χ3v) is 16.9. The smallest absolute Gasteiger partial charge is 0.410 e. The number of anilines is 1. The largest absolute Gasteiger partial charge is 0.445 e. The number of carbonyl (C=O) groups excluding carboxylic acids is 12. The number of primary amides is 1. The van der Waals surface area contributed by atoms with E-state index in [0.717, 1.165) is 18.4 Å². The highest BCUT2D eigenvalue weighted by Gasteiger charge is 2.42. The average molecular weight is 1290 g/mol. The molecule has 0 radical (unpaired) electrons. The van der Waals surface area contributed by atoms with E-state index in [-0.39, 0.29) is 100 Å². The van der Waals surface area contributed by atoms with E-state index in [9.17, 15) is 57.5 Å². The van der Waals surface area contributed by atoms with Crippen LogP contribution in [0.3, 0.4) is 0 Å². The van der Waals surface area contributed by atoms with Crippen LogP contribution in [-0.4, -0.2) is 174 Å². The topological polar surface area (TPSA) is 344 Å². The number of hydroxylamine groups is 2. The van der Waals surface area contributed by atoms with Gasteiger partial charge in [0.1, 0.15) is 30.8 Å². The molecule has 0 spiro atoms. The molecule has 2 aromatic carbocycles. The Morgan fingerprint density at radius 2 is 1.35 bits per heavy atom. The van der Waals surface area contributed by atoms with Gasteiger partial charge in [-0.1, -0.05) is 111 Å². The molecule has 0 unspecified atom stereocenters. The molecule has 2 aliphatic rings. The van der Waals surface area contributed by atoms with Gasteiger partial charge >= 0.3 is 18.1 Å². The lowest BCUT2D eigenvalue weighted by atomic mass is 9.89. The van der Waals surface area contributed by atoms with E-state index in [0.29, 0.717) is 42.1 Å². The lowest BCUT2D eigenvalue weighted by Gasteiger charge is -2.40. The molecule has 2 fully saturated rings. The van der Waals surface area contributed by atoms with Crippen LogP contribution >= 0.6 is 0 Å². The number of imide groups is 1. The number of hydrogen-bond donors (Lipinski definition) is 7. The third kappa shape index (κ3) is 23.5. The SMILES string of the molecule is CC[C@H](C)[C@@H]([C@@H](CC(=O)N1CCC[C@H]1C[C@@H](C)C(=O)N[C@H](C)Cc1ccccc1)OC)N(C)C(=O)[C@@H](NC(=O)[C@H](C(C)C)N(C)C(=O)OCc1ccc(NC(=O)[C@H](CCCNC(N)=O)NC(=O)[C@@H](NC(=O)CCCC(=O)ON2C(=O)CCC2=O)C(C)C)cc1)C(C)C. The quantitative estimate of drug-likeness (QED) is 0.0338. The minimum absolute atomic E-state index is 0.00540. The molecule has 92 heavy (non-hydrogen) atoms. The van der Waals surface area contributed by atoms with Gasteiger partial charge in [-0.25, -0.2) is 14.4 Å². The van der Waals surface area contributed by atoms with Gasteiger partial charge in [0.2, 0.25) is 41.4 Å². The molecule has 0 aliphatic carbocycles. The van der Waals surface area contributed by atoms with Crippen LogP contribution in [0.1, 0.15) is 157 Å². The summed E-state index contributed by atoms with van der Waals surface area (Å²) in [6.45, 7) is 18.8. The van der Waals surface area contributed by atoms with E-state index in [1.54, 1.807) is 63.9 Å². The summed E-state index contributed by atoms with van der Waals surface area (Å²) in [5.41, 5.74) is 7.18. The van der Waals surface area contributed by atoms with Crippen molar-refractivity contribution in [3.63, 3.8) is 0 Å². The Hall–Kier alpha value is -8.16. The van der Waals surface area contributed by atoms with E-state index in [2.05, 4.69) is 31.9 Å². The number of benzene rings is 2. The van der Waals surface area contributed by atoms with E-state index in [4.69, 9.17) is 20.0 Å². The molecular weight excluding hydrogens is 1190 g/mol. The zero-order valence-corrected chi connectivity index (χ0v) is 56.0. The van der Waals surface area contributed by atoms with E-state index < -0.39 is 114 Å². The molecule has 26 heteroatoms. The molecular formula is C66H101N11O15. The third-order valence-electron chi connectivity index (χ3n) is 16.9. The zero-order valence-electron chi connectivity index (χ0n) is 56.0. The summed E-state index contributed by atoms with van der Waals surface area (Å²) >= 11 is 0. The first-order chi connectivity index (χ1) is 43.5. The van der Waals surface area contributed by atoms with Gasteiger partial charge < -0.3 is 61.7 Å². The molecule has 0 bridgehead atoms. The van der Waals surface area contributed by atoms with Crippen molar-refractivity contribution < 1.29 is 71.8 Å². The molecule has 510 valence electrons. The normalized spacial score (nSPS) is 16.9. The fraction of sp³-hybridized carbons (Fsp3) is 0.636. The Labute approximate surface area is 541 Å². The number of likely N-dealkylation sites (N-methyl/N-ethyl adjacent to an activating group) is 2. The van der Waals surface area contributed by atoms with Crippen LogP contribution in [0.25, 0.3) is 0 Å². The van der Waals surface area contributed by atoms with Crippen LogP contribution < -0.4 is 37.6 Å². The van der Waals surface area contributed by atoms with E-state index >= 15 is 0 Å². The number of nitrogens with zero attached hydrogens (tertiary/aromatic N) is 4. The number of urea groups is 1. The van der Waals surface area contributed by atoms with Gasteiger partial charge in [0.25, 0.3) is 11.8 Å². The molecule has 2 heterocycles. The van der Waals surface area contributed by atoms with Crippen molar-refractivity contribution in [3.05, 3.63) is 65.7 Å².